The second-order valence-corrected chi connectivity index (χ2v) is 15.4. The molecule has 2 heteroatoms. The SMILES string of the molecule is C=C(/C=C\C(=C)c1c2c(c(C(=C)c3cc4c(cc3-c3cc5ccccc5s3)sc3ccccc34)c3ccccc13)=CCCC=2)C1=CC=CCC1. The largest absolute Gasteiger partial charge is 0.135 e. The summed E-state index contributed by atoms with van der Waals surface area (Å²) in [6.07, 6.45) is 19.8. The third kappa shape index (κ3) is 5.19. The zero-order chi connectivity index (χ0) is 33.8. The summed E-state index contributed by atoms with van der Waals surface area (Å²) >= 11 is 3.74. The Morgan fingerprint density at radius 2 is 1.28 bits per heavy atom. The molecule has 240 valence electrons. The van der Waals surface area contributed by atoms with Crippen LogP contribution >= 0.6 is 22.7 Å². The van der Waals surface area contributed by atoms with Gasteiger partial charge in [0.15, 0.2) is 0 Å². The summed E-state index contributed by atoms with van der Waals surface area (Å²) in [5.74, 6) is 0. The fourth-order valence-electron chi connectivity index (χ4n) is 7.76. The van der Waals surface area contributed by atoms with Crippen molar-refractivity contribution in [3.8, 4) is 10.4 Å². The van der Waals surface area contributed by atoms with Crippen LogP contribution in [0.3, 0.4) is 0 Å². The second-order valence-electron chi connectivity index (χ2n) is 13.3. The van der Waals surface area contributed by atoms with Crippen LogP contribution in [0.25, 0.3) is 74.8 Å². The van der Waals surface area contributed by atoms with Crippen molar-refractivity contribution in [3.63, 3.8) is 0 Å². The Balaban J connectivity index is 1.27. The van der Waals surface area contributed by atoms with Gasteiger partial charge in [0.1, 0.15) is 0 Å². The summed E-state index contributed by atoms with van der Waals surface area (Å²) in [7, 11) is 0. The van der Waals surface area contributed by atoms with Crippen molar-refractivity contribution in [1.29, 1.82) is 0 Å². The molecule has 0 atom stereocenters. The summed E-state index contributed by atoms with van der Waals surface area (Å²) in [4.78, 5) is 1.27. The highest BCUT2D eigenvalue weighted by Gasteiger charge is 2.21. The van der Waals surface area contributed by atoms with Crippen molar-refractivity contribution >= 4 is 87.0 Å². The van der Waals surface area contributed by atoms with Gasteiger partial charge in [-0.1, -0.05) is 123 Å². The highest BCUT2D eigenvalue weighted by Crippen LogP contribution is 2.44. The van der Waals surface area contributed by atoms with E-state index < -0.39 is 0 Å². The van der Waals surface area contributed by atoms with Crippen LogP contribution in [-0.4, -0.2) is 0 Å². The number of allylic oxidation sites excluding steroid dienone is 8. The quantitative estimate of drug-likeness (QED) is 0.147. The molecule has 0 saturated carbocycles. The molecule has 0 bridgehead atoms. The normalized spacial score (nSPS) is 14.2. The lowest BCUT2D eigenvalue weighted by atomic mass is 9.83. The Morgan fingerprint density at radius 3 is 2.04 bits per heavy atom. The lowest BCUT2D eigenvalue weighted by Crippen LogP contribution is -2.34. The minimum absolute atomic E-state index is 1.00. The van der Waals surface area contributed by atoms with Gasteiger partial charge in [0.25, 0.3) is 0 Å². The minimum atomic E-state index is 1.00. The van der Waals surface area contributed by atoms with Crippen LogP contribution < -0.4 is 10.4 Å². The van der Waals surface area contributed by atoms with E-state index in [1.54, 1.807) is 0 Å². The standard InChI is InChI=1S/C48H36S2/c1-30(33-15-5-4-6-16-33)25-26-31(2)47-36-19-8-10-21-38(36)48(39-22-11-9-20-37(39)47)32(3)40-28-41-35-18-12-14-24-44(35)50-46(41)29-42(40)45-27-34-17-7-13-23-43(34)49-45/h4-5,7-8,10,12-15,17-29H,1-3,6,9,11,16H2/b26-25-. The zero-order valence-electron chi connectivity index (χ0n) is 28.0. The maximum absolute atomic E-state index is 4.96. The van der Waals surface area contributed by atoms with Gasteiger partial charge in [-0.15, -0.1) is 22.7 Å². The smallest absolute Gasteiger partial charge is 0.0362 e. The van der Waals surface area contributed by atoms with Crippen molar-refractivity contribution in [3.05, 3.63) is 179 Å². The number of benzene rings is 5. The van der Waals surface area contributed by atoms with Crippen molar-refractivity contribution in [2.24, 2.45) is 0 Å². The van der Waals surface area contributed by atoms with Gasteiger partial charge in [-0.05, 0) is 122 Å². The molecule has 2 aliphatic rings. The van der Waals surface area contributed by atoms with Gasteiger partial charge >= 0.3 is 0 Å². The molecule has 0 amide bonds. The van der Waals surface area contributed by atoms with E-state index in [1.807, 2.05) is 22.7 Å². The van der Waals surface area contributed by atoms with Crippen LogP contribution in [0.1, 0.15) is 42.4 Å². The molecule has 2 aromatic heterocycles. The summed E-state index contributed by atoms with van der Waals surface area (Å²) in [6, 6.07) is 33.5. The molecular weight excluding hydrogens is 641 g/mol. The molecule has 0 saturated heterocycles. The van der Waals surface area contributed by atoms with Crippen LogP contribution in [0.2, 0.25) is 0 Å². The lowest BCUT2D eigenvalue weighted by Gasteiger charge is -2.20. The van der Waals surface area contributed by atoms with Crippen molar-refractivity contribution in [1.82, 2.24) is 0 Å². The molecule has 0 N–H and O–H groups in total. The topological polar surface area (TPSA) is 0 Å². The Bertz CT molecular complexity index is 2770. The molecule has 0 nitrogen and oxygen atoms in total. The first kappa shape index (κ1) is 30.8. The van der Waals surface area contributed by atoms with Gasteiger partial charge in [-0.3, -0.25) is 0 Å². The van der Waals surface area contributed by atoms with Gasteiger partial charge in [0.2, 0.25) is 0 Å². The summed E-state index contributed by atoms with van der Waals surface area (Å²) in [5, 5.41) is 8.82. The maximum atomic E-state index is 4.96. The van der Waals surface area contributed by atoms with E-state index in [-0.39, 0.29) is 0 Å². The van der Waals surface area contributed by atoms with Crippen molar-refractivity contribution in [2.75, 3.05) is 0 Å². The third-order valence-corrected chi connectivity index (χ3v) is 12.5. The molecule has 9 rings (SSSR count). The first-order valence-corrected chi connectivity index (χ1v) is 19.0. The Kier molecular flexibility index (Phi) is 7.72. The van der Waals surface area contributed by atoms with Gasteiger partial charge in [0.05, 0.1) is 0 Å². The fraction of sp³-hybridized carbons (Fsp3) is 0.0833. The number of hydrogen-bond acceptors (Lipinski definition) is 2. The molecule has 2 aliphatic carbocycles. The summed E-state index contributed by atoms with van der Waals surface area (Å²) < 4.78 is 3.92. The van der Waals surface area contributed by atoms with E-state index >= 15 is 0 Å². The monoisotopic (exact) mass is 676 g/mol. The van der Waals surface area contributed by atoms with E-state index in [0.29, 0.717) is 0 Å². The van der Waals surface area contributed by atoms with Crippen LogP contribution in [0.4, 0.5) is 0 Å². The zero-order valence-corrected chi connectivity index (χ0v) is 29.6. The van der Waals surface area contributed by atoms with E-state index in [0.717, 1.165) is 42.4 Å². The molecule has 7 aromatic rings. The highest BCUT2D eigenvalue weighted by molar-refractivity contribution is 7.26. The molecule has 5 aromatic carbocycles. The lowest BCUT2D eigenvalue weighted by molar-refractivity contribution is 0.979. The van der Waals surface area contributed by atoms with Crippen molar-refractivity contribution in [2.45, 2.75) is 25.7 Å². The average molecular weight is 677 g/mol. The summed E-state index contributed by atoms with van der Waals surface area (Å²) in [6.45, 7) is 14.0. The average Bonchev–Trinajstić information content (AvgIpc) is 3.77. The Morgan fingerprint density at radius 1 is 0.600 bits per heavy atom. The second kappa shape index (κ2) is 12.6. The van der Waals surface area contributed by atoms with Crippen LogP contribution in [-0.2, 0) is 0 Å². The van der Waals surface area contributed by atoms with Crippen LogP contribution in [0.15, 0.2) is 152 Å². The van der Waals surface area contributed by atoms with E-state index in [9.17, 15) is 0 Å². The number of thiophene rings is 2. The van der Waals surface area contributed by atoms with Crippen molar-refractivity contribution < 1.29 is 0 Å². The van der Waals surface area contributed by atoms with Gasteiger partial charge < -0.3 is 0 Å². The highest BCUT2D eigenvalue weighted by atomic mass is 32.1. The molecule has 50 heavy (non-hydrogen) atoms. The molecular formula is C48H36S2. The van der Waals surface area contributed by atoms with Gasteiger partial charge in [0, 0.05) is 35.3 Å². The van der Waals surface area contributed by atoms with E-state index in [1.165, 1.54) is 84.2 Å². The molecule has 0 fully saturated rings. The molecule has 0 unspecified atom stereocenters. The predicted octanol–water partition coefficient (Wildman–Crippen LogP) is 12.9. The molecule has 2 heterocycles. The number of fused-ring (bicyclic) bond motifs is 6. The third-order valence-electron chi connectivity index (χ3n) is 10.2. The molecule has 0 radical (unpaired) electrons. The Hall–Kier alpha value is -5.28. The molecule has 0 spiro atoms. The summed E-state index contributed by atoms with van der Waals surface area (Å²) in [5.41, 5.74) is 9.27. The number of hydrogen-bond donors (Lipinski definition) is 0. The van der Waals surface area contributed by atoms with Gasteiger partial charge in [-0.25, -0.2) is 0 Å². The Labute approximate surface area is 301 Å². The first-order valence-electron chi connectivity index (χ1n) is 17.4. The fourth-order valence-corrected chi connectivity index (χ4v) is 9.99. The van der Waals surface area contributed by atoms with Gasteiger partial charge in [-0.2, -0.15) is 0 Å². The van der Waals surface area contributed by atoms with E-state index in [4.69, 9.17) is 6.58 Å². The van der Waals surface area contributed by atoms with Crippen LogP contribution in [0.5, 0.6) is 0 Å². The predicted molar refractivity (Wildman–Crippen MR) is 223 cm³/mol. The van der Waals surface area contributed by atoms with E-state index in [2.05, 4.69) is 147 Å². The minimum Gasteiger partial charge on any atom is -0.135 e. The van der Waals surface area contributed by atoms with Crippen LogP contribution in [0, 0.1) is 0 Å². The number of rotatable bonds is 7. The molecule has 0 aliphatic heterocycles. The maximum Gasteiger partial charge on any atom is 0.0362 e. The first-order chi connectivity index (χ1) is 24.5.